The molecule has 0 spiro atoms. The molecule has 1 aliphatic carbocycles. The average Bonchev–Trinajstić information content (AvgIpc) is 3.32. The van der Waals surface area contributed by atoms with E-state index in [1.54, 1.807) is 0 Å². The lowest BCUT2D eigenvalue weighted by atomic mass is 9.79. The Morgan fingerprint density at radius 1 is 0.646 bits per heavy atom. The van der Waals surface area contributed by atoms with Gasteiger partial charge in [0, 0.05) is 31.9 Å². The van der Waals surface area contributed by atoms with Crippen LogP contribution in [-0.4, -0.2) is 86.8 Å². The van der Waals surface area contributed by atoms with E-state index in [0.717, 1.165) is 41.5 Å². The lowest BCUT2D eigenvalue weighted by molar-refractivity contribution is -0.326. The van der Waals surface area contributed by atoms with Crippen molar-refractivity contribution in [3.05, 3.63) is 144 Å². The van der Waals surface area contributed by atoms with Crippen LogP contribution in [0.3, 0.4) is 0 Å². The number of rotatable bonds is 23. The van der Waals surface area contributed by atoms with Crippen LogP contribution in [0.1, 0.15) is 94.3 Å². The molecular weight excluding hydrogens is 827 g/mol. The average molecular weight is 894 g/mol. The van der Waals surface area contributed by atoms with Crippen molar-refractivity contribution >= 4 is 11.9 Å². The van der Waals surface area contributed by atoms with Gasteiger partial charge >= 0.3 is 5.97 Å². The lowest BCUT2D eigenvalue weighted by Crippen LogP contribution is -2.68. The molecule has 0 aromatic heterocycles. The molecule has 2 saturated heterocycles. The minimum atomic E-state index is -0.909. The van der Waals surface area contributed by atoms with Gasteiger partial charge in [0.25, 0.3) is 0 Å². The second-order valence-corrected chi connectivity index (χ2v) is 17.3. The van der Waals surface area contributed by atoms with Crippen LogP contribution in [-0.2, 0) is 72.0 Å². The zero-order valence-electron chi connectivity index (χ0n) is 38.1. The molecular formula is C53H67NO11. The smallest absolute Gasteiger partial charge is 0.303 e. The van der Waals surface area contributed by atoms with Crippen molar-refractivity contribution in [2.45, 2.75) is 147 Å². The number of ether oxygens (including phenoxy) is 9. The van der Waals surface area contributed by atoms with Crippen LogP contribution >= 0.6 is 0 Å². The van der Waals surface area contributed by atoms with Crippen molar-refractivity contribution < 1.29 is 52.2 Å². The summed E-state index contributed by atoms with van der Waals surface area (Å²) in [5, 5.41) is 3.13. The molecule has 3 aliphatic rings. The van der Waals surface area contributed by atoms with Crippen LogP contribution in [0.15, 0.2) is 121 Å². The van der Waals surface area contributed by atoms with Crippen molar-refractivity contribution in [3.8, 4) is 0 Å². The predicted octanol–water partition coefficient (Wildman–Crippen LogP) is 8.80. The number of unbranched alkanes of at least 4 members (excludes halogenated alkanes) is 5. The van der Waals surface area contributed by atoms with E-state index in [4.69, 9.17) is 42.6 Å². The molecule has 12 heteroatoms. The highest BCUT2D eigenvalue weighted by molar-refractivity contribution is 5.73. The molecule has 4 aromatic carbocycles. The maximum absolute atomic E-state index is 13.2. The summed E-state index contributed by atoms with van der Waals surface area (Å²) in [6, 6.07) is 38.7. The number of hydrogen-bond acceptors (Lipinski definition) is 11. The first-order valence-electron chi connectivity index (χ1n) is 23.5. The Hall–Kier alpha value is -4.50. The first kappa shape index (κ1) is 48.4. The van der Waals surface area contributed by atoms with Gasteiger partial charge in [-0.2, -0.15) is 0 Å². The molecule has 1 amide bonds. The van der Waals surface area contributed by atoms with E-state index in [2.05, 4.69) is 12.2 Å². The van der Waals surface area contributed by atoms with Gasteiger partial charge in [0.15, 0.2) is 18.7 Å². The van der Waals surface area contributed by atoms with E-state index < -0.39 is 67.3 Å². The normalized spacial score (nSPS) is 27.6. The molecule has 7 rings (SSSR count). The van der Waals surface area contributed by atoms with Gasteiger partial charge in [-0.15, -0.1) is 0 Å². The number of benzene rings is 4. The van der Waals surface area contributed by atoms with E-state index in [9.17, 15) is 9.59 Å². The van der Waals surface area contributed by atoms with Crippen molar-refractivity contribution in [1.82, 2.24) is 5.32 Å². The van der Waals surface area contributed by atoms with Crippen LogP contribution in [0.25, 0.3) is 0 Å². The number of hydrogen-bond donors (Lipinski definition) is 1. The number of nitrogens with one attached hydrogen (secondary N) is 1. The summed E-state index contributed by atoms with van der Waals surface area (Å²) in [6.45, 7) is 6.77. The van der Waals surface area contributed by atoms with E-state index >= 15 is 0 Å². The molecule has 1 N–H and O–H groups in total. The van der Waals surface area contributed by atoms with E-state index in [-0.39, 0.29) is 31.6 Å². The summed E-state index contributed by atoms with van der Waals surface area (Å²) < 4.78 is 60.3. The molecule has 350 valence electrons. The van der Waals surface area contributed by atoms with Gasteiger partial charge in [-0.05, 0) is 29.5 Å². The molecule has 11 atom stereocenters. The lowest BCUT2D eigenvalue weighted by Gasteiger charge is -2.51. The summed E-state index contributed by atoms with van der Waals surface area (Å²) in [6.07, 6.45) is 0.138. The standard InChI is InChI=1S/C53H67NO11/c1-4-5-6-7-8-21-30-58-53-46(54-37(2)55)50(59-33-40-24-15-10-16-25-40)49(45(64-53)36-57-32-39-22-13-9-14-23-39)63-44-31-43-35-61-52(42-28-19-12-20-29-42)65-47(43)51(48(44)62-38(3)56)60-34-41-26-17-11-18-27-41/h9-20,22-29,43-53H,4-8,21,30-36H2,1-3H3,(H,54,55)/t43-,44-,45-,46-,47-,48+,49-,50-,51+,52-,53-/m1/s1. The van der Waals surface area contributed by atoms with Crippen molar-refractivity contribution in [3.63, 3.8) is 0 Å². The Kier molecular flexibility index (Phi) is 18.9. The zero-order valence-corrected chi connectivity index (χ0v) is 38.1. The second-order valence-electron chi connectivity index (χ2n) is 17.3. The van der Waals surface area contributed by atoms with Crippen LogP contribution in [0.2, 0.25) is 0 Å². The van der Waals surface area contributed by atoms with Gasteiger partial charge in [0.05, 0.1) is 45.2 Å². The number of amides is 1. The fraction of sp³-hybridized carbons (Fsp3) is 0.509. The molecule has 0 bridgehead atoms. The van der Waals surface area contributed by atoms with Crippen LogP contribution < -0.4 is 5.32 Å². The van der Waals surface area contributed by atoms with Crippen LogP contribution in [0.5, 0.6) is 0 Å². The van der Waals surface area contributed by atoms with Crippen LogP contribution in [0, 0.1) is 5.92 Å². The van der Waals surface area contributed by atoms with Crippen LogP contribution in [0.4, 0.5) is 0 Å². The molecule has 4 aromatic rings. The predicted molar refractivity (Wildman–Crippen MR) is 244 cm³/mol. The Bertz CT molecular complexity index is 1980. The summed E-state index contributed by atoms with van der Waals surface area (Å²) in [5.74, 6) is -0.955. The van der Waals surface area contributed by atoms with E-state index in [1.807, 2.05) is 121 Å². The van der Waals surface area contributed by atoms with Gasteiger partial charge < -0.3 is 47.9 Å². The largest absolute Gasteiger partial charge is 0.457 e. The van der Waals surface area contributed by atoms with Gasteiger partial charge in [-0.1, -0.05) is 160 Å². The van der Waals surface area contributed by atoms with Gasteiger partial charge in [-0.3, -0.25) is 9.59 Å². The topological polar surface area (TPSA) is 129 Å². The molecule has 2 aliphatic heterocycles. The third-order valence-corrected chi connectivity index (χ3v) is 12.2. The summed E-state index contributed by atoms with van der Waals surface area (Å²) in [7, 11) is 0. The molecule has 12 nitrogen and oxygen atoms in total. The summed E-state index contributed by atoms with van der Waals surface area (Å²) >= 11 is 0. The molecule has 3 fully saturated rings. The molecule has 65 heavy (non-hydrogen) atoms. The molecule has 1 saturated carbocycles. The monoisotopic (exact) mass is 893 g/mol. The minimum absolute atomic E-state index is 0.115. The van der Waals surface area contributed by atoms with Gasteiger partial charge in [0.1, 0.15) is 30.5 Å². The third-order valence-electron chi connectivity index (χ3n) is 12.2. The number of carbonyl (C=O) groups is 2. The Labute approximate surface area is 384 Å². The maximum Gasteiger partial charge on any atom is 0.303 e. The van der Waals surface area contributed by atoms with Gasteiger partial charge in [0.2, 0.25) is 5.91 Å². The first-order valence-corrected chi connectivity index (χ1v) is 23.5. The van der Waals surface area contributed by atoms with E-state index in [0.29, 0.717) is 26.2 Å². The number of carbonyl (C=O) groups excluding carboxylic acids is 2. The highest BCUT2D eigenvalue weighted by Gasteiger charge is 2.55. The van der Waals surface area contributed by atoms with Crippen molar-refractivity contribution in [2.24, 2.45) is 5.92 Å². The first-order chi connectivity index (χ1) is 31.9. The molecule has 0 radical (unpaired) electrons. The Morgan fingerprint density at radius 2 is 1.23 bits per heavy atom. The maximum atomic E-state index is 13.2. The minimum Gasteiger partial charge on any atom is -0.457 e. The highest BCUT2D eigenvalue weighted by atomic mass is 16.7. The summed E-state index contributed by atoms with van der Waals surface area (Å²) in [4.78, 5) is 26.3. The molecule has 2 heterocycles. The van der Waals surface area contributed by atoms with Crippen molar-refractivity contribution in [2.75, 3.05) is 19.8 Å². The fourth-order valence-corrected chi connectivity index (χ4v) is 9.03. The summed E-state index contributed by atoms with van der Waals surface area (Å²) in [5.41, 5.74) is 3.78. The number of fused-ring (bicyclic) bond motifs is 1. The fourth-order valence-electron chi connectivity index (χ4n) is 9.03. The van der Waals surface area contributed by atoms with Gasteiger partial charge in [-0.25, -0.2) is 0 Å². The van der Waals surface area contributed by atoms with Crippen molar-refractivity contribution in [1.29, 1.82) is 0 Å². The Morgan fingerprint density at radius 3 is 1.85 bits per heavy atom. The zero-order chi connectivity index (χ0) is 45.2. The SMILES string of the molecule is CCCCCCCCO[C@@H]1O[C@H](COCc2ccccc2)[C@@H](O[C@@H]2C[C@@H]3CO[C@@H](c4ccccc4)O[C@H]3[C@H](OCc3ccccc3)[C@H]2OC(C)=O)[C@H](OCc2ccccc2)[C@H]1NC(C)=O. The van der Waals surface area contributed by atoms with E-state index in [1.165, 1.54) is 33.1 Å². The number of esters is 1. The Balaban J connectivity index is 1.22. The molecule has 0 unspecified atom stereocenters. The highest BCUT2D eigenvalue weighted by Crippen LogP contribution is 2.42. The second kappa shape index (κ2) is 25.4. The third kappa shape index (κ3) is 14.2. The quantitative estimate of drug-likeness (QED) is 0.0567.